The zero-order chi connectivity index (χ0) is 14.0. The molecule has 20 heavy (non-hydrogen) atoms. The van der Waals surface area contributed by atoms with Crippen molar-refractivity contribution in [1.82, 2.24) is 0 Å². The summed E-state index contributed by atoms with van der Waals surface area (Å²) in [5.74, 6) is 2.00. The van der Waals surface area contributed by atoms with Crippen molar-refractivity contribution in [3.8, 4) is 11.5 Å². The van der Waals surface area contributed by atoms with Gasteiger partial charge in [0.05, 0.1) is 6.61 Å². The summed E-state index contributed by atoms with van der Waals surface area (Å²) < 4.78 is 17.1. The van der Waals surface area contributed by atoms with Gasteiger partial charge in [0, 0.05) is 5.88 Å². The van der Waals surface area contributed by atoms with Gasteiger partial charge in [-0.3, -0.25) is 4.52 Å². The molecule has 3 nitrogen and oxygen atoms in total. The van der Waals surface area contributed by atoms with Crippen LogP contribution in [0.2, 0.25) is 0 Å². The smallest absolute Gasteiger partial charge is 0.418 e. The predicted octanol–water partition coefficient (Wildman–Crippen LogP) is 5.02. The highest BCUT2D eigenvalue weighted by molar-refractivity contribution is 7.42. The molecule has 0 heterocycles. The summed E-state index contributed by atoms with van der Waals surface area (Å²) in [6.07, 6.45) is 0.761. The Morgan fingerprint density at radius 2 is 1.30 bits per heavy atom. The molecule has 5 heteroatoms. The zero-order valence-electron chi connectivity index (χ0n) is 10.9. The lowest BCUT2D eigenvalue weighted by Gasteiger charge is -2.17. The third-order valence-corrected chi connectivity index (χ3v) is 3.70. The minimum absolute atomic E-state index is 0.509. The summed E-state index contributed by atoms with van der Waals surface area (Å²) in [6, 6.07) is 19.0. The largest absolute Gasteiger partial charge is 0.463 e. The maximum Gasteiger partial charge on any atom is 0.463 e. The molecule has 106 valence electrons. The molecule has 2 aromatic carbocycles. The van der Waals surface area contributed by atoms with E-state index in [9.17, 15) is 0 Å². The van der Waals surface area contributed by atoms with E-state index in [0.29, 0.717) is 12.5 Å². The summed E-state index contributed by atoms with van der Waals surface area (Å²) in [5, 5.41) is 0. The highest BCUT2D eigenvalue weighted by Crippen LogP contribution is 2.41. The maximum atomic E-state index is 5.74. The normalized spacial score (nSPS) is 10.5. The second kappa shape index (κ2) is 8.80. The lowest BCUT2D eigenvalue weighted by Crippen LogP contribution is -2.01. The Balaban J connectivity index is 1.96. The van der Waals surface area contributed by atoms with Gasteiger partial charge in [0.25, 0.3) is 0 Å². The van der Waals surface area contributed by atoms with Crippen LogP contribution in [0.4, 0.5) is 0 Å². The molecule has 0 spiro atoms. The lowest BCUT2D eigenvalue weighted by atomic mass is 10.3. The van der Waals surface area contributed by atoms with Crippen molar-refractivity contribution in [2.24, 2.45) is 0 Å². The van der Waals surface area contributed by atoms with Crippen LogP contribution in [0.15, 0.2) is 60.7 Å². The predicted molar refractivity (Wildman–Crippen MR) is 82.3 cm³/mol. The molecule has 2 rings (SSSR count). The summed E-state index contributed by atoms with van der Waals surface area (Å²) >= 11 is 5.65. The van der Waals surface area contributed by atoms with Crippen molar-refractivity contribution in [1.29, 1.82) is 0 Å². The number of hydrogen-bond acceptors (Lipinski definition) is 3. The highest BCUT2D eigenvalue weighted by atomic mass is 35.5. The first-order valence-electron chi connectivity index (χ1n) is 6.33. The van der Waals surface area contributed by atoms with Crippen molar-refractivity contribution in [3.63, 3.8) is 0 Å². The quantitative estimate of drug-likeness (QED) is 0.389. The summed E-state index contributed by atoms with van der Waals surface area (Å²) in [6.45, 7) is 0.509. The third kappa shape index (κ3) is 5.38. The fourth-order valence-corrected chi connectivity index (χ4v) is 2.52. The summed E-state index contributed by atoms with van der Waals surface area (Å²) in [5.41, 5.74) is 0. The maximum absolute atomic E-state index is 5.74. The minimum atomic E-state index is -1.48. The van der Waals surface area contributed by atoms with E-state index in [0.717, 1.165) is 17.9 Å². The molecule has 0 saturated carbocycles. The Hall–Kier alpha value is -1.28. The Kier molecular flexibility index (Phi) is 6.65. The first-order chi connectivity index (χ1) is 9.88. The summed E-state index contributed by atoms with van der Waals surface area (Å²) in [4.78, 5) is 0. The van der Waals surface area contributed by atoms with E-state index in [-0.39, 0.29) is 0 Å². The van der Waals surface area contributed by atoms with Gasteiger partial charge in [0.15, 0.2) is 0 Å². The van der Waals surface area contributed by atoms with Crippen LogP contribution in [0.5, 0.6) is 11.5 Å². The molecule has 0 radical (unpaired) electrons. The van der Waals surface area contributed by atoms with E-state index in [2.05, 4.69) is 0 Å². The Morgan fingerprint density at radius 1 is 0.800 bits per heavy atom. The number of halogens is 1. The fraction of sp³-hybridized carbons (Fsp3) is 0.200. The van der Waals surface area contributed by atoms with Crippen LogP contribution < -0.4 is 9.05 Å². The number of benzene rings is 2. The van der Waals surface area contributed by atoms with Crippen LogP contribution in [-0.2, 0) is 4.52 Å². The molecule has 2 aromatic rings. The van der Waals surface area contributed by atoms with Gasteiger partial charge in [-0.15, -0.1) is 11.6 Å². The van der Waals surface area contributed by atoms with Crippen LogP contribution in [0, 0.1) is 0 Å². The second-order valence-corrected chi connectivity index (χ2v) is 5.36. The molecule has 0 bridgehead atoms. The standard InChI is InChI=1S/C15H16ClO3P/c16-12-7-13-17-20(18-14-8-3-1-4-9-14)19-15-10-5-2-6-11-15/h1-6,8-11H,7,12-13H2. The van der Waals surface area contributed by atoms with Gasteiger partial charge in [0.1, 0.15) is 11.5 Å². The molecule has 0 atom stereocenters. The number of para-hydroxylation sites is 2. The van der Waals surface area contributed by atoms with Crippen LogP contribution in [0.1, 0.15) is 6.42 Å². The van der Waals surface area contributed by atoms with Gasteiger partial charge in [-0.25, -0.2) is 0 Å². The molecular weight excluding hydrogens is 295 g/mol. The molecule has 0 N–H and O–H groups in total. The molecular formula is C15H16ClO3P. The second-order valence-electron chi connectivity index (χ2n) is 3.91. The molecule has 0 fully saturated rings. The molecule has 0 aliphatic heterocycles. The van der Waals surface area contributed by atoms with Gasteiger partial charge in [-0.2, -0.15) is 0 Å². The molecule has 0 amide bonds. The Labute approximate surface area is 125 Å². The van der Waals surface area contributed by atoms with E-state index in [4.69, 9.17) is 25.2 Å². The zero-order valence-corrected chi connectivity index (χ0v) is 12.6. The highest BCUT2D eigenvalue weighted by Gasteiger charge is 2.16. The van der Waals surface area contributed by atoms with Gasteiger partial charge < -0.3 is 9.05 Å². The minimum Gasteiger partial charge on any atom is -0.418 e. The van der Waals surface area contributed by atoms with Crippen molar-refractivity contribution < 1.29 is 13.6 Å². The van der Waals surface area contributed by atoms with Crippen LogP contribution in [-0.4, -0.2) is 12.5 Å². The Morgan fingerprint density at radius 3 is 1.75 bits per heavy atom. The van der Waals surface area contributed by atoms with E-state index >= 15 is 0 Å². The van der Waals surface area contributed by atoms with E-state index in [1.54, 1.807) is 0 Å². The van der Waals surface area contributed by atoms with Gasteiger partial charge in [-0.05, 0) is 30.7 Å². The topological polar surface area (TPSA) is 27.7 Å². The summed E-state index contributed by atoms with van der Waals surface area (Å²) in [7, 11) is -1.48. The van der Waals surface area contributed by atoms with Crippen molar-refractivity contribution in [3.05, 3.63) is 60.7 Å². The van der Waals surface area contributed by atoms with Crippen molar-refractivity contribution >= 4 is 20.2 Å². The lowest BCUT2D eigenvalue weighted by molar-refractivity contribution is 0.266. The Bertz CT molecular complexity index is 439. The molecule has 0 saturated heterocycles. The van der Waals surface area contributed by atoms with E-state index in [1.807, 2.05) is 60.7 Å². The van der Waals surface area contributed by atoms with E-state index in [1.165, 1.54) is 0 Å². The number of rotatable bonds is 8. The van der Waals surface area contributed by atoms with Crippen LogP contribution in [0.25, 0.3) is 0 Å². The van der Waals surface area contributed by atoms with Crippen LogP contribution >= 0.6 is 20.2 Å². The molecule has 0 unspecified atom stereocenters. The van der Waals surface area contributed by atoms with E-state index < -0.39 is 8.60 Å². The monoisotopic (exact) mass is 310 g/mol. The van der Waals surface area contributed by atoms with Crippen LogP contribution in [0.3, 0.4) is 0 Å². The van der Waals surface area contributed by atoms with Gasteiger partial charge in [0.2, 0.25) is 0 Å². The third-order valence-electron chi connectivity index (χ3n) is 2.32. The van der Waals surface area contributed by atoms with Gasteiger partial charge in [-0.1, -0.05) is 36.4 Å². The first kappa shape index (κ1) is 15.1. The molecule has 0 aliphatic carbocycles. The number of alkyl halides is 1. The average molecular weight is 311 g/mol. The first-order valence-corrected chi connectivity index (χ1v) is 7.96. The van der Waals surface area contributed by atoms with Crippen molar-refractivity contribution in [2.45, 2.75) is 6.42 Å². The SMILES string of the molecule is ClCCCOP(Oc1ccccc1)Oc1ccccc1. The number of hydrogen-bond donors (Lipinski definition) is 0. The molecule has 0 aliphatic rings. The average Bonchev–Trinajstić information content (AvgIpc) is 2.49. The van der Waals surface area contributed by atoms with Gasteiger partial charge >= 0.3 is 8.60 Å². The molecule has 0 aromatic heterocycles. The fourth-order valence-electron chi connectivity index (χ4n) is 1.40. The van der Waals surface area contributed by atoms with Crippen molar-refractivity contribution in [2.75, 3.05) is 12.5 Å².